The van der Waals surface area contributed by atoms with Crippen molar-refractivity contribution < 1.29 is 24.5 Å². The maximum atomic E-state index is 11.8. The molecule has 4 rings (SSSR count). The molecular weight excluding hydrogens is 464 g/mol. The molecule has 0 aromatic heterocycles. The highest BCUT2D eigenvalue weighted by molar-refractivity contribution is 5.85. The Kier molecular flexibility index (Phi) is 7.62. The summed E-state index contributed by atoms with van der Waals surface area (Å²) in [6.07, 6.45) is 12.2. The summed E-state index contributed by atoms with van der Waals surface area (Å²) in [6, 6.07) is 0. The Labute approximate surface area is 223 Å². The summed E-state index contributed by atoms with van der Waals surface area (Å²) in [5.41, 5.74) is 4.87. The van der Waals surface area contributed by atoms with Crippen molar-refractivity contribution in [1.29, 1.82) is 0 Å². The van der Waals surface area contributed by atoms with Crippen molar-refractivity contribution in [3.8, 4) is 0 Å². The third kappa shape index (κ3) is 4.64. The molecule has 0 spiro atoms. The minimum Gasteiger partial charge on any atom is -0.478 e. The highest BCUT2D eigenvalue weighted by Crippen LogP contribution is 2.70. The lowest BCUT2D eigenvalue weighted by Crippen LogP contribution is -2.55. The molecule has 0 bridgehead atoms. The molecule has 206 valence electrons. The summed E-state index contributed by atoms with van der Waals surface area (Å²) in [5, 5.41) is 19.8. The molecule has 37 heavy (non-hydrogen) atoms. The highest BCUT2D eigenvalue weighted by Gasteiger charge is 2.63. The van der Waals surface area contributed by atoms with Gasteiger partial charge in [0.25, 0.3) is 0 Å². The number of hydrogen-bond donors (Lipinski definition) is 2. The molecule has 0 aromatic rings. The molecule has 5 heteroatoms. The van der Waals surface area contributed by atoms with Crippen LogP contribution in [0.4, 0.5) is 0 Å². The van der Waals surface area contributed by atoms with Crippen LogP contribution in [0.2, 0.25) is 0 Å². The quantitative estimate of drug-likeness (QED) is 0.221. The van der Waals surface area contributed by atoms with Gasteiger partial charge in [-0.05, 0) is 98.4 Å². The second-order valence-electron chi connectivity index (χ2n) is 13.5. The van der Waals surface area contributed by atoms with E-state index in [1.165, 1.54) is 18.1 Å². The lowest BCUT2D eigenvalue weighted by molar-refractivity contribution is -0.171. The van der Waals surface area contributed by atoms with Crippen LogP contribution in [0.1, 0.15) is 99.8 Å². The molecule has 0 amide bonds. The number of esters is 1. The van der Waals surface area contributed by atoms with Crippen LogP contribution in [0.3, 0.4) is 0 Å². The lowest BCUT2D eigenvalue weighted by Gasteiger charge is -2.58. The van der Waals surface area contributed by atoms with Crippen molar-refractivity contribution in [3.63, 3.8) is 0 Å². The molecule has 2 saturated carbocycles. The van der Waals surface area contributed by atoms with Gasteiger partial charge in [0.15, 0.2) is 0 Å². The monoisotopic (exact) mass is 512 g/mol. The Morgan fingerprint density at radius 3 is 2.49 bits per heavy atom. The van der Waals surface area contributed by atoms with Gasteiger partial charge in [-0.2, -0.15) is 0 Å². The van der Waals surface area contributed by atoms with E-state index in [9.17, 15) is 14.7 Å². The van der Waals surface area contributed by atoms with Gasteiger partial charge in [0, 0.05) is 17.9 Å². The first-order valence-electron chi connectivity index (χ1n) is 14.4. The van der Waals surface area contributed by atoms with Crippen molar-refractivity contribution >= 4 is 11.9 Å². The van der Waals surface area contributed by atoms with Crippen molar-refractivity contribution in [1.82, 2.24) is 0 Å². The van der Waals surface area contributed by atoms with Crippen LogP contribution in [0.5, 0.6) is 0 Å². The minimum absolute atomic E-state index is 0.0311. The molecule has 4 aliphatic rings. The number of fused-ring (bicyclic) bond motifs is 5. The van der Waals surface area contributed by atoms with Crippen LogP contribution in [-0.2, 0) is 14.3 Å². The van der Waals surface area contributed by atoms with E-state index in [2.05, 4.69) is 40.7 Å². The van der Waals surface area contributed by atoms with Gasteiger partial charge in [-0.3, -0.25) is 4.79 Å². The molecule has 0 aliphatic heterocycles. The Hall–Kier alpha value is -1.88. The van der Waals surface area contributed by atoms with Gasteiger partial charge in [0.2, 0.25) is 0 Å². The van der Waals surface area contributed by atoms with E-state index in [1.807, 2.05) is 6.08 Å². The van der Waals surface area contributed by atoms with E-state index < -0.39 is 5.97 Å². The number of carboxylic acids is 1. The summed E-state index contributed by atoms with van der Waals surface area (Å²) in [7, 11) is 0. The number of aliphatic carboxylic acids is 1. The molecular formula is C32H48O5. The molecule has 1 unspecified atom stereocenters. The Morgan fingerprint density at radius 2 is 1.86 bits per heavy atom. The number of rotatable bonds is 7. The summed E-state index contributed by atoms with van der Waals surface area (Å²) in [6.45, 7) is 15.1. The van der Waals surface area contributed by atoms with E-state index in [-0.39, 0.29) is 34.9 Å². The average molecular weight is 513 g/mol. The van der Waals surface area contributed by atoms with E-state index in [0.717, 1.165) is 51.4 Å². The molecule has 4 aliphatic carbocycles. The van der Waals surface area contributed by atoms with E-state index in [4.69, 9.17) is 9.84 Å². The normalized spacial score (nSPS) is 37.7. The fraction of sp³-hybridized carbons (Fsp3) is 0.750. The van der Waals surface area contributed by atoms with Gasteiger partial charge in [0.05, 0.1) is 6.61 Å². The van der Waals surface area contributed by atoms with E-state index in [0.29, 0.717) is 29.2 Å². The Morgan fingerprint density at radius 1 is 1.16 bits per heavy atom. The minimum atomic E-state index is -0.852. The number of allylic oxidation sites excluding steroid dienone is 4. The summed E-state index contributed by atoms with van der Waals surface area (Å²) >= 11 is 0. The largest absolute Gasteiger partial charge is 0.478 e. The number of carbonyl (C=O) groups excluding carboxylic acids is 1. The van der Waals surface area contributed by atoms with E-state index in [1.54, 1.807) is 12.5 Å². The third-order valence-electron chi connectivity index (χ3n) is 11.3. The molecule has 0 heterocycles. The summed E-state index contributed by atoms with van der Waals surface area (Å²) in [4.78, 5) is 23.0. The van der Waals surface area contributed by atoms with Crippen molar-refractivity contribution in [2.75, 3.05) is 6.61 Å². The van der Waals surface area contributed by atoms with E-state index >= 15 is 0 Å². The zero-order chi connectivity index (χ0) is 27.3. The molecule has 7 atom stereocenters. The first kappa shape index (κ1) is 28.1. The van der Waals surface area contributed by atoms with Crippen LogP contribution in [0.25, 0.3) is 0 Å². The second-order valence-corrected chi connectivity index (χ2v) is 13.5. The number of carbonyl (C=O) groups is 2. The average Bonchev–Trinajstić information content (AvgIpc) is 3.13. The summed E-state index contributed by atoms with van der Waals surface area (Å²) in [5.74, 6) is 0.621. The van der Waals surface area contributed by atoms with Gasteiger partial charge < -0.3 is 14.9 Å². The molecule has 2 N–H and O–H groups in total. The fourth-order valence-corrected chi connectivity index (χ4v) is 9.14. The maximum Gasteiger partial charge on any atom is 0.330 e. The topological polar surface area (TPSA) is 83.8 Å². The zero-order valence-electron chi connectivity index (χ0n) is 24.0. The van der Waals surface area contributed by atoms with Crippen molar-refractivity contribution in [3.05, 3.63) is 34.4 Å². The van der Waals surface area contributed by atoms with Gasteiger partial charge >= 0.3 is 11.9 Å². The van der Waals surface area contributed by atoms with Crippen molar-refractivity contribution in [2.24, 2.45) is 39.9 Å². The Bertz CT molecular complexity index is 1030. The maximum absolute atomic E-state index is 11.8. The molecule has 0 aromatic carbocycles. The van der Waals surface area contributed by atoms with Crippen LogP contribution in [-0.4, -0.2) is 34.9 Å². The number of carboxylic acid groups (broad SMARTS) is 1. The second kappa shape index (κ2) is 10.0. The molecule has 0 saturated heterocycles. The molecule has 2 fully saturated rings. The number of aliphatic hydroxyl groups excluding tert-OH is 1. The highest BCUT2D eigenvalue weighted by atomic mass is 16.5. The number of ether oxygens (including phenoxy) is 1. The van der Waals surface area contributed by atoms with Gasteiger partial charge in [-0.15, -0.1) is 0 Å². The van der Waals surface area contributed by atoms with Crippen LogP contribution >= 0.6 is 0 Å². The standard InChI is InChI=1S/C32H48O5/c1-19(9-8-10-20(2)29(35)36)22-13-15-31(6)24-11-12-27-30(4,5)28(37-21(3)34)14-16-32(27,7)26(24)17-25(31)23(22)18-33/h10-11,19,25-28,33H,8-9,12-18H2,1-7H3,(H,35,36)/b20-10-/t19-,25?,26+,27+,28-,31+,32-/m1/s1. The van der Waals surface area contributed by atoms with Crippen LogP contribution in [0, 0.1) is 39.9 Å². The first-order valence-corrected chi connectivity index (χ1v) is 14.4. The molecule has 5 nitrogen and oxygen atoms in total. The smallest absolute Gasteiger partial charge is 0.330 e. The van der Waals surface area contributed by atoms with Gasteiger partial charge in [0.1, 0.15) is 6.10 Å². The number of aliphatic hydroxyl groups is 1. The van der Waals surface area contributed by atoms with Crippen molar-refractivity contribution in [2.45, 2.75) is 106 Å². The predicted molar refractivity (Wildman–Crippen MR) is 146 cm³/mol. The summed E-state index contributed by atoms with van der Waals surface area (Å²) < 4.78 is 5.82. The van der Waals surface area contributed by atoms with Gasteiger partial charge in [-0.1, -0.05) is 57.9 Å². The first-order chi connectivity index (χ1) is 17.3. The van der Waals surface area contributed by atoms with Crippen LogP contribution < -0.4 is 0 Å². The van der Waals surface area contributed by atoms with Crippen LogP contribution in [0.15, 0.2) is 34.4 Å². The molecule has 0 radical (unpaired) electrons. The number of hydrogen-bond acceptors (Lipinski definition) is 4. The predicted octanol–water partition coefficient (Wildman–Crippen LogP) is 6.86. The zero-order valence-corrected chi connectivity index (χ0v) is 24.0. The SMILES string of the molecule is CC(=O)O[C@@H]1CC[C@]2(C)[C@H]3CC4C(CO)=C([C@H](C)CC/C=C(/C)C(=O)O)CC[C@@]4(C)C3=CC[C@H]2C1(C)C. The fourth-order valence-electron chi connectivity index (χ4n) is 9.14. The Balaban J connectivity index is 1.61. The lowest BCUT2D eigenvalue weighted by atomic mass is 9.47. The van der Waals surface area contributed by atoms with Gasteiger partial charge in [-0.25, -0.2) is 4.79 Å². The third-order valence-corrected chi connectivity index (χ3v) is 11.3.